The summed E-state index contributed by atoms with van der Waals surface area (Å²) in [6, 6.07) is 8.41. The average molecular weight is 233 g/mol. The highest BCUT2D eigenvalue weighted by Gasteiger charge is 2.14. The van der Waals surface area contributed by atoms with E-state index in [9.17, 15) is 9.90 Å². The maximum atomic E-state index is 11.5. The van der Waals surface area contributed by atoms with Crippen molar-refractivity contribution in [3.63, 3.8) is 0 Å². The van der Waals surface area contributed by atoms with Crippen molar-refractivity contribution in [3.8, 4) is 5.75 Å². The molecule has 2 aromatic rings. The van der Waals surface area contributed by atoms with Crippen molar-refractivity contribution in [1.29, 1.82) is 0 Å². The Labute approximate surface area is 97.2 Å². The zero-order chi connectivity index (χ0) is 12.3. The molecule has 6 nitrogen and oxygen atoms in total. The van der Waals surface area contributed by atoms with E-state index in [0.29, 0.717) is 11.4 Å². The maximum Gasteiger partial charge on any atom is 0.326 e. The molecular formula is C11H11N3O3. The number of anilines is 2. The van der Waals surface area contributed by atoms with Crippen LogP contribution in [0, 0.1) is 6.92 Å². The molecule has 0 bridgehead atoms. The maximum absolute atomic E-state index is 11.5. The first-order valence-electron chi connectivity index (χ1n) is 4.95. The van der Waals surface area contributed by atoms with E-state index in [0.717, 1.165) is 0 Å². The van der Waals surface area contributed by atoms with Crippen LogP contribution < -0.4 is 10.6 Å². The second-order valence-electron chi connectivity index (χ2n) is 3.39. The van der Waals surface area contributed by atoms with Crippen molar-refractivity contribution >= 4 is 17.6 Å². The molecule has 2 amide bonds. The van der Waals surface area contributed by atoms with Gasteiger partial charge in [-0.1, -0.05) is 23.4 Å². The summed E-state index contributed by atoms with van der Waals surface area (Å²) in [4.78, 5) is 11.5. The molecule has 0 radical (unpaired) electrons. The van der Waals surface area contributed by atoms with Crippen LogP contribution >= 0.6 is 0 Å². The predicted octanol–water partition coefficient (Wildman–Crippen LogP) is 2.33. The van der Waals surface area contributed by atoms with Crippen molar-refractivity contribution in [2.75, 3.05) is 10.6 Å². The highest BCUT2D eigenvalue weighted by Crippen LogP contribution is 2.26. The first-order chi connectivity index (χ1) is 8.16. The lowest BCUT2D eigenvalue weighted by atomic mass is 10.3. The van der Waals surface area contributed by atoms with Crippen molar-refractivity contribution in [2.45, 2.75) is 6.92 Å². The van der Waals surface area contributed by atoms with Gasteiger partial charge in [-0.05, 0) is 19.1 Å². The normalized spacial score (nSPS) is 9.94. The minimum absolute atomic E-state index is 0.0732. The van der Waals surface area contributed by atoms with Crippen LogP contribution in [0.25, 0.3) is 0 Å². The Bertz CT molecular complexity index is 522. The molecule has 2 rings (SSSR count). The van der Waals surface area contributed by atoms with Gasteiger partial charge in [0.25, 0.3) is 5.88 Å². The quantitative estimate of drug-likeness (QED) is 0.742. The summed E-state index contributed by atoms with van der Waals surface area (Å²) in [5.74, 6) is -0.246. The van der Waals surface area contributed by atoms with E-state index in [4.69, 9.17) is 4.52 Å². The largest absolute Gasteiger partial charge is 0.502 e. The number of benzene rings is 1. The number of aryl methyl sites for hydroxylation is 1. The first kappa shape index (κ1) is 11.0. The Kier molecular flexibility index (Phi) is 2.95. The minimum Gasteiger partial charge on any atom is -0.502 e. The number of carbonyl (C=O) groups excluding carboxylic acids is 1. The van der Waals surface area contributed by atoms with Crippen molar-refractivity contribution in [2.24, 2.45) is 0 Å². The molecular weight excluding hydrogens is 222 g/mol. The number of nitrogens with one attached hydrogen (secondary N) is 2. The third-order valence-electron chi connectivity index (χ3n) is 2.09. The summed E-state index contributed by atoms with van der Waals surface area (Å²) < 4.78 is 4.73. The van der Waals surface area contributed by atoms with Crippen LogP contribution in [0.5, 0.6) is 5.75 Å². The van der Waals surface area contributed by atoms with Crippen LogP contribution in [0.3, 0.4) is 0 Å². The molecule has 0 unspecified atom stereocenters. The Morgan fingerprint density at radius 1 is 1.29 bits per heavy atom. The molecule has 0 saturated carbocycles. The van der Waals surface area contributed by atoms with Gasteiger partial charge in [-0.3, -0.25) is 5.32 Å². The Balaban J connectivity index is 2.01. The third-order valence-corrected chi connectivity index (χ3v) is 2.09. The van der Waals surface area contributed by atoms with Gasteiger partial charge in [-0.15, -0.1) is 0 Å². The van der Waals surface area contributed by atoms with Gasteiger partial charge in [0, 0.05) is 5.69 Å². The fourth-order valence-electron chi connectivity index (χ4n) is 1.23. The molecule has 17 heavy (non-hydrogen) atoms. The van der Waals surface area contributed by atoms with Crippen LogP contribution in [-0.4, -0.2) is 16.3 Å². The lowest BCUT2D eigenvalue weighted by molar-refractivity contribution is 0.261. The summed E-state index contributed by atoms with van der Waals surface area (Å²) in [5.41, 5.74) is 0.959. The molecule has 0 atom stereocenters. The number of aromatic hydroxyl groups is 1. The number of hydrogen-bond donors (Lipinski definition) is 3. The number of urea groups is 1. The molecule has 0 aliphatic carbocycles. The Morgan fingerprint density at radius 3 is 2.59 bits per heavy atom. The van der Waals surface area contributed by atoms with Crippen LogP contribution in [0.2, 0.25) is 0 Å². The van der Waals surface area contributed by atoms with Gasteiger partial charge < -0.3 is 14.9 Å². The van der Waals surface area contributed by atoms with E-state index in [2.05, 4.69) is 15.8 Å². The van der Waals surface area contributed by atoms with Crippen LogP contribution in [-0.2, 0) is 0 Å². The lowest BCUT2D eigenvalue weighted by Gasteiger charge is -2.04. The topological polar surface area (TPSA) is 87.4 Å². The molecule has 0 aliphatic rings. The van der Waals surface area contributed by atoms with Crippen LogP contribution in [0.15, 0.2) is 34.9 Å². The molecule has 0 spiro atoms. The number of carbonyl (C=O) groups is 1. The summed E-state index contributed by atoms with van der Waals surface area (Å²) in [6.45, 7) is 1.57. The highest BCUT2D eigenvalue weighted by molar-refractivity contribution is 5.99. The van der Waals surface area contributed by atoms with Gasteiger partial charge in [0.05, 0.1) is 0 Å². The first-order valence-corrected chi connectivity index (χ1v) is 4.95. The fourth-order valence-corrected chi connectivity index (χ4v) is 1.23. The molecule has 6 heteroatoms. The molecule has 0 aliphatic heterocycles. The van der Waals surface area contributed by atoms with E-state index in [-0.39, 0.29) is 11.6 Å². The van der Waals surface area contributed by atoms with E-state index in [1.165, 1.54) is 0 Å². The van der Waals surface area contributed by atoms with Gasteiger partial charge in [0.1, 0.15) is 5.69 Å². The number of amides is 2. The smallest absolute Gasteiger partial charge is 0.326 e. The molecule has 3 N–H and O–H groups in total. The monoisotopic (exact) mass is 233 g/mol. The number of para-hydroxylation sites is 1. The van der Waals surface area contributed by atoms with E-state index >= 15 is 0 Å². The molecule has 1 aromatic heterocycles. The molecule has 1 aromatic carbocycles. The summed E-state index contributed by atoms with van der Waals surface area (Å²) in [5, 5.41) is 17.9. The SMILES string of the molecule is Cc1noc(NC(=O)Nc2ccccc2)c1O. The zero-order valence-corrected chi connectivity index (χ0v) is 9.10. The number of hydrogen-bond acceptors (Lipinski definition) is 4. The zero-order valence-electron chi connectivity index (χ0n) is 9.10. The van der Waals surface area contributed by atoms with Crippen LogP contribution in [0.4, 0.5) is 16.4 Å². The number of rotatable bonds is 2. The number of aromatic nitrogens is 1. The fraction of sp³-hybridized carbons (Fsp3) is 0.0909. The van der Waals surface area contributed by atoms with Gasteiger partial charge in [-0.25, -0.2) is 4.79 Å². The predicted molar refractivity (Wildman–Crippen MR) is 62.0 cm³/mol. The second-order valence-corrected chi connectivity index (χ2v) is 3.39. The minimum atomic E-state index is -0.511. The molecule has 0 saturated heterocycles. The van der Waals surface area contributed by atoms with E-state index in [1.54, 1.807) is 31.2 Å². The highest BCUT2D eigenvalue weighted by atomic mass is 16.5. The standard InChI is InChI=1S/C11H11N3O3/c1-7-9(15)10(17-14-7)13-11(16)12-8-5-3-2-4-6-8/h2-6,15H,1H3,(H2,12,13,16). The summed E-state index contributed by atoms with van der Waals surface area (Å²) in [7, 11) is 0. The molecule has 88 valence electrons. The van der Waals surface area contributed by atoms with E-state index < -0.39 is 6.03 Å². The van der Waals surface area contributed by atoms with Gasteiger partial charge in [-0.2, -0.15) is 0 Å². The van der Waals surface area contributed by atoms with Crippen molar-refractivity contribution in [1.82, 2.24) is 5.16 Å². The Hall–Kier alpha value is -2.50. The summed E-state index contributed by atoms with van der Waals surface area (Å²) in [6.07, 6.45) is 0. The average Bonchev–Trinajstić information content (AvgIpc) is 2.62. The van der Waals surface area contributed by atoms with Crippen LogP contribution in [0.1, 0.15) is 5.69 Å². The third kappa shape index (κ3) is 2.54. The van der Waals surface area contributed by atoms with Crippen molar-refractivity contribution < 1.29 is 14.4 Å². The van der Waals surface area contributed by atoms with Crippen molar-refractivity contribution in [3.05, 3.63) is 36.0 Å². The van der Waals surface area contributed by atoms with E-state index in [1.807, 2.05) is 6.07 Å². The molecule has 0 fully saturated rings. The lowest BCUT2D eigenvalue weighted by Crippen LogP contribution is -2.19. The molecule has 1 heterocycles. The number of nitrogens with zero attached hydrogens (tertiary/aromatic N) is 1. The van der Waals surface area contributed by atoms with Gasteiger partial charge >= 0.3 is 6.03 Å². The summed E-state index contributed by atoms with van der Waals surface area (Å²) >= 11 is 0. The van der Waals surface area contributed by atoms with Gasteiger partial charge in [0.2, 0.25) is 5.75 Å². The van der Waals surface area contributed by atoms with Gasteiger partial charge in [0.15, 0.2) is 0 Å². The second kappa shape index (κ2) is 4.56. The Morgan fingerprint density at radius 2 is 2.00 bits per heavy atom.